The van der Waals surface area contributed by atoms with Crippen LogP contribution in [0.4, 0.5) is 0 Å². The average molecular weight is 490 g/mol. The van der Waals surface area contributed by atoms with Crippen LogP contribution >= 0.6 is 0 Å². The second-order valence-corrected chi connectivity index (χ2v) is 8.16. The van der Waals surface area contributed by atoms with Crippen molar-refractivity contribution in [1.29, 1.82) is 0 Å². The van der Waals surface area contributed by atoms with Crippen molar-refractivity contribution in [3.63, 3.8) is 0 Å². The summed E-state index contributed by atoms with van der Waals surface area (Å²) in [4.78, 5) is 52.4. The van der Waals surface area contributed by atoms with Crippen LogP contribution in [-0.2, 0) is 49.3 Å². The Labute approximate surface area is 203 Å². The van der Waals surface area contributed by atoms with Crippen molar-refractivity contribution in [3.05, 3.63) is 36.0 Å². The molecule has 2 heterocycles. The van der Waals surface area contributed by atoms with Gasteiger partial charge in [-0.05, 0) is 18.6 Å². The van der Waals surface area contributed by atoms with E-state index >= 15 is 0 Å². The molecule has 5 atom stereocenters. The molecule has 0 amide bonds. The molecule has 1 N–H and O–H groups in total. The number of ether oxygens (including phenoxy) is 5. The molecule has 1 aliphatic heterocycles. The number of benzene rings is 1. The number of carbonyl (C=O) groups is 4. The van der Waals surface area contributed by atoms with Gasteiger partial charge in [-0.3, -0.25) is 19.2 Å². The lowest BCUT2D eigenvalue weighted by molar-refractivity contribution is -0.294. The molecule has 0 radical (unpaired) electrons. The number of H-pyrrole nitrogens is 1. The largest absolute Gasteiger partial charge is 0.455 e. The fraction of sp³-hybridized carbons (Fsp3) is 0.520. The van der Waals surface area contributed by atoms with Gasteiger partial charge in [-0.25, -0.2) is 0 Å². The Hall–Kier alpha value is -3.40. The van der Waals surface area contributed by atoms with Crippen molar-refractivity contribution >= 4 is 34.8 Å². The zero-order valence-corrected chi connectivity index (χ0v) is 20.3. The Morgan fingerprint density at radius 3 is 2.00 bits per heavy atom. The maximum atomic E-state index is 12.9. The summed E-state index contributed by atoms with van der Waals surface area (Å²) in [5.41, 5.74) is 1.60. The topological polar surface area (TPSA) is 130 Å². The van der Waals surface area contributed by atoms with Gasteiger partial charge in [0.2, 0.25) is 12.4 Å². The second-order valence-electron chi connectivity index (χ2n) is 8.16. The second kappa shape index (κ2) is 11.8. The minimum absolute atomic E-state index is 0.0237. The first-order valence-electron chi connectivity index (χ1n) is 11.8. The lowest BCUT2D eigenvalue weighted by Gasteiger charge is -2.43. The molecule has 0 spiro atoms. The molecule has 1 fully saturated rings. The summed E-state index contributed by atoms with van der Waals surface area (Å²) >= 11 is 0. The van der Waals surface area contributed by atoms with E-state index in [2.05, 4.69) is 4.98 Å². The van der Waals surface area contributed by atoms with Gasteiger partial charge in [-0.1, -0.05) is 39.0 Å². The van der Waals surface area contributed by atoms with Gasteiger partial charge >= 0.3 is 23.9 Å². The lowest BCUT2D eigenvalue weighted by atomic mass is 9.98. The maximum absolute atomic E-state index is 12.9. The van der Waals surface area contributed by atoms with Crippen molar-refractivity contribution in [2.24, 2.45) is 0 Å². The van der Waals surface area contributed by atoms with E-state index in [4.69, 9.17) is 23.7 Å². The van der Waals surface area contributed by atoms with Crippen LogP contribution in [0.3, 0.4) is 0 Å². The fourth-order valence-electron chi connectivity index (χ4n) is 3.80. The highest BCUT2D eigenvalue weighted by atomic mass is 16.7. The van der Waals surface area contributed by atoms with Crippen molar-refractivity contribution in [2.75, 3.05) is 0 Å². The highest BCUT2D eigenvalue weighted by Gasteiger charge is 2.52. The SMILES string of the molecule is CCC(=O)O[C@H]1[C@H](OC(=O)CC)[C@H](OC(=O)Cc2c[nH]c3ccccc23)O[C@@H](C)[C@H]1OC(=O)CC. The van der Waals surface area contributed by atoms with Crippen LogP contribution in [0.1, 0.15) is 52.5 Å². The van der Waals surface area contributed by atoms with E-state index in [1.807, 2.05) is 24.3 Å². The van der Waals surface area contributed by atoms with Crippen LogP contribution in [0.2, 0.25) is 0 Å². The van der Waals surface area contributed by atoms with Gasteiger partial charge in [0.05, 0.1) is 12.5 Å². The summed E-state index contributed by atoms with van der Waals surface area (Å²) in [5, 5.41) is 0.873. The van der Waals surface area contributed by atoms with Crippen molar-refractivity contribution < 1.29 is 42.9 Å². The molecule has 1 aromatic carbocycles. The van der Waals surface area contributed by atoms with E-state index < -0.39 is 54.6 Å². The van der Waals surface area contributed by atoms with E-state index in [0.29, 0.717) is 0 Å². The van der Waals surface area contributed by atoms with Crippen LogP contribution in [-0.4, -0.2) is 59.6 Å². The molecule has 0 bridgehead atoms. The Kier molecular flexibility index (Phi) is 8.86. The first kappa shape index (κ1) is 26.2. The number of fused-ring (bicyclic) bond motifs is 1. The highest BCUT2D eigenvalue weighted by molar-refractivity contribution is 5.87. The molecular formula is C25H31NO9. The van der Waals surface area contributed by atoms with Gasteiger partial charge in [-0.2, -0.15) is 0 Å². The molecule has 1 saturated heterocycles. The monoisotopic (exact) mass is 489 g/mol. The summed E-state index contributed by atoms with van der Waals surface area (Å²) in [6.45, 7) is 6.41. The van der Waals surface area contributed by atoms with E-state index in [9.17, 15) is 19.2 Å². The van der Waals surface area contributed by atoms with Crippen LogP contribution in [0, 0.1) is 0 Å². The summed E-state index contributed by atoms with van der Waals surface area (Å²) in [6, 6.07) is 7.51. The van der Waals surface area contributed by atoms with Crippen LogP contribution in [0.25, 0.3) is 10.9 Å². The van der Waals surface area contributed by atoms with Gasteiger partial charge in [-0.15, -0.1) is 0 Å². The van der Waals surface area contributed by atoms with Crippen LogP contribution in [0.5, 0.6) is 0 Å². The molecule has 1 aromatic heterocycles. The lowest BCUT2D eigenvalue weighted by Crippen LogP contribution is -2.61. The maximum Gasteiger partial charge on any atom is 0.312 e. The van der Waals surface area contributed by atoms with E-state index in [-0.39, 0.29) is 25.7 Å². The zero-order valence-electron chi connectivity index (χ0n) is 20.3. The molecule has 0 saturated carbocycles. The number of nitrogens with one attached hydrogen (secondary N) is 1. The minimum Gasteiger partial charge on any atom is -0.455 e. The first-order valence-corrected chi connectivity index (χ1v) is 11.8. The summed E-state index contributed by atoms with van der Waals surface area (Å²) < 4.78 is 27.9. The van der Waals surface area contributed by atoms with Crippen LogP contribution < -0.4 is 0 Å². The van der Waals surface area contributed by atoms with Gasteiger partial charge in [0, 0.05) is 36.4 Å². The number of carbonyl (C=O) groups excluding carboxylic acids is 4. The first-order chi connectivity index (χ1) is 16.8. The highest BCUT2D eigenvalue weighted by Crippen LogP contribution is 2.30. The smallest absolute Gasteiger partial charge is 0.312 e. The molecule has 1 aliphatic rings. The third kappa shape index (κ3) is 6.39. The Balaban J connectivity index is 1.85. The average Bonchev–Trinajstić information content (AvgIpc) is 3.25. The predicted molar refractivity (Wildman–Crippen MR) is 123 cm³/mol. The summed E-state index contributed by atoms with van der Waals surface area (Å²) in [7, 11) is 0. The Morgan fingerprint density at radius 2 is 1.37 bits per heavy atom. The predicted octanol–water partition coefficient (Wildman–Crippen LogP) is 2.96. The molecule has 3 rings (SSSR count). The number of aromatic nitrogens is 1. The molecule has 0 aliphatic carbocycles. The number of para-hydroxylation sites is 1. The summed E-state index contributed by atoms with van der Waals surface area (Å²) in [5.74, 6) is -2.39. The molecule has 0 unspecified atom stereocenters. The Bertz CT molecular complexity index is 1060. The third-order valence-electron chi connectivity index (χ3n) is 5.65. The van der Waals surface area contributed by atoms with Crippen molar-refractivity contribution in [2.45, 2.75) is 84.1 Å². The molecular weight excluding hydrogens is 458 g/mol. The standard InChI is InChI=1S/C25H31NO9/c1-5-18(27)32-22-14(4)31-25(24(34-20(29)7-3)23(22)33-19(28)6-2)35-21(30)12-15-13-26-17-11-9-8-10-16(15)17/h8-11,13-14,22-26H,5-7,12H2,1-4H3/t14-,22+,23+,24-,25-/m0/s1. The number of esters is 4. The quantitative estimate of drug-likeness (QED) is 0.417. The normalized spacial score (nSPS) is 23.9. The van der Waals surface area contributed by atoms with Gasteiger partial charge in [0.15, 0.2) is 12.2 Å². The fourth-order valence-corrected chi connectivity index (χ4v) is 3.80. The Morgan fingerprint density at radius 1 is 0.800 bits per heavy atom. The molecule has 2 aromatic rings. The van der Waals surface area contributed by atoms with E-state index in [1.54, 1.807) is 33.9 Å². The van der Waals surface area contributed by atoms with Crippen LogP contribution in [0.15, 0.2) is 30.5 Å². The minimum atomic E-state index is -1.37. The molecule has 10 heteroatoms. The zero-order chi connectivity index (χ0) is 25.5. The molecule has 190 valence electrons. The van der Waals surface area contributed by atoms with Gasteiger partial charge in [0.1, 0.15) is 0 Å². The third-order valence-corrected chi connectivity index (χ3v) is 5.65. The van der Waals surface area contributed by atoms with Crippen molar-refractivity contribution in [1.82, 2.24) is 4.98 Å². The number of hydrogen-bond donors (Lipinski definition) is 1. The number of hydrogen-bond acceptors (Lipinski definition) is 9. The number of rotatable bonds is 9. The van der Waals surface area contributed by atoms with E-state index in [1.165, 1.54) is 0 Å². The molecule has 35 heavy (non-hydrogen) atoms. The molecule has 10 nitrogen and oxygen atoms in total. The van der Waals surface area contributed by atoms with Crippen molar-refractivity contribution in [3.8, 4) is 0 Å². The number of aromatic amines is 1. The van der Waals surface area contributed by atoms with Gasteiger partial charge < -0.3 is 28.7 Å². The summed E-state index contributed by atoms with van der Waals surface area (Å²) in [6.07, 6.45) is -3.99. The van der Waals surface area contributed by atoms with E-state index in [0.717, 1.165) is 16.5 Å². The van der Waals surface area contributed by atoms with Gasteiger partial charge in [0.25, 0.3) is 0 Å².